The summed E-state index contributed by atoms with van der Waals surface area (Å²) in [6.07, 6.45) is 3.42. The first kappa shape index (κ1) is 15.5. The van der Waals surface area contributed by atoms with Crippen molar-refractivity contribution in [2.75, 3.05) is 18.8 Å². The number of hydrogen-bond donors (Lipinski definition) is 0. The van der Waals surface area contributed by atoms with Gasteiger partial charge in [-0.15, -0.1) is 21.5 Å². The van der Waals surface area contributed by atoms with E-state index in [4.69, 9.17) is 4.42 Å². The van der Waals surface area contributed by atoms with Crippen LogP contribution in [0.25, 0.3) is 10.8 Å². The summed E-state index contributed by atoms with van der Waals surface area (Å²) >= 11 is 2.84. The Hall–Kier alpha value is -1.41. The van der Waals surface area contributed by atoms with Gasteiger partial charge in [-0.05, 0) is 33.1 Å². The van der Waals surface area contributed by atoms with Crippen molar-refractivity contribution in [3.8, 4) is 10.8 Å². The van der Waals surface area contributed by atoms with E-state index in [1.54, 1.807) is 0 Å². The van der Waals surface area contributed by atoms with Crippen molar-refractivity contribution in [3.05, 3.63) is 10.7 Å². The van der Waals surface area contributed by atoms with Crippen LogP contribution in [0.1, 0.15) is 30.0 Å². The Labute approximate surface area is 137 Å². The highest BCUT2D eigenvalue weighted by Gasteiger charge is 2.19. The highest BCUT2D eigenvalue weighted by atomic mass is 32.2. The lowest BCUT2D eigenvalue weighted by atomic mass is 10.1. The van der Waals surface area contributed by atoms with E-state index in [0.29, 0.717) is 16.9 Å². The maximum atomic E-state index is 12.1. The standard InChI is InChI=1S/C14H18N4O2S2/c1-9-12(22-10(2)15-9)13-16-17-14(20-13)21-8-11(19)18-6-4-3-5-7-18/h3-8H2,1-2H3. The van der Waals surface area contributed by atoms with Crippen molar-refractivity contribution in [3.63, 3.8) is 0 Å². The Morgan fingerprint density at radius 3 is 2.73 bits per heavy atom. The van der Waals surface area contributed by atoms with Gasteiger partial charge in [0.2, 0.25) is 5.91 Å². The van der Waals surface area contributed by atoms with Crippen LogP contribution in [-0.2, 0) is 4.79 Å². The third-order valence-electron chi connectivity index (χ3n) is 3.53. The van der Waals surface area contributed by atoms with Gasteiger partial charge in [0.25, 0.3) is 11.1 Å². The summed E-state index contributed by atoms with van der Waals surface area (Å²) in [4.78, 5) is 19.3. The molecule has 2 aromatic heterocycles. The second-order valence-corrected chi connectivity index (χ2v) is 7.38. The number of amides is 1. The summed E-state index contributed by atoms with van der Waals surface area (Å²) in [5.41, 5.74) is 0.895. The molecule has 118 valence electrons. The van der Waals surface area contributed by atoms with Crippen LogP contribution in [0.4, 0.5) is 0 Å². The molecule has 1 aliphatic rings. The highest BCUT2D eigenvalue weighted by molar-refractivity contribution is 7.99. The van der Waals surface area contributed by atoms with Gasteiger partial charge in [0.15, 0.2) is 0 Å². The maximum absolute atomic E-state index is 12.1. The Kier molecular flexibility index (Phi) is 4.77. The fourth-order valence-corrected chi connectivity index (χ4v) is 3.95. The van der Waals surface area contributed by atoms with E-state index < -0.39 is 0 Å². The average molecular weight is 338 g/mol. The molecule has 1 fully saturated rings. The second-order valence-electron chi connectivity index (χ2n) is 5.25. The van der Waals surface area contributed by atoms with E-state index in [1.165, 1.54) is 29.5 Å². The topological polar surface area (TPSA) is 72.1 Å². The van der Waals surface area contributed by atoms with Crippen LogP contribution < -0.4 is 0 Å². The zero-order chi connectivity index (χ0) is 15.5. The molecule has 0 aromatic carbocycles. The molecule has 0 atom stereocenters. The summed E-state index contributed by atoms with van der Waals surface area (Å²) < 4.78 is 5.64. The van der Waals surface area contributed by atoms with E-state index in [-0.39, 0.29) is 5.91 Å². The Balaban J connectivity index is 1.60. The number of aromatic nitrogens is 3. The van der Waals surface area contributed by atoms with Crippen molar-refractivity contribution in [2.24, 2.45) is 0 Å². The van der Waals surface area contributed by atoms with Gasteiger partial charge in [-0.3, -0.25) is 4.79 Å². The Bertz CT molecular complexity index is 662. The highest BCUT2D eigenvalue weighted by Crippen LogP contribution is 2.30. The van der Waals surface area contributed by atoms with E-state index in [2.05, 4.69) is 15.2 Å². The fourth-order valence-electron chi connectivity index (χ4n) is 2.45. The van der Waals surface area contributed by atoms with Crippen LogP contribution in [-0.4, -0.2) is 44.8 Å². The zero-order valence-electron chi connectivity index (χ0n) is 12.7. The van der Waals surface area contributed by atoms with Crippen molar-refractivity contribution in [1.82, 2.24) is 20.1 Å². The smallest absolute Gasteiger partial charge is 0.277 e. The van der Waals surface area contributed by atoms with E-state index in [9.17, 15) is 4.79 Å². The minimum absolute atomic E-state index is 0.147. The van der Waals surface area contributed by atoms with Gasteiger partial charge < -0.3 is 9.32 Å². The van der Waals surface area contributed by atoms with Gasteiger partial charge in [0.1, 0.15) is 4.88 Å². The number of thiazole rings is 1. The molecule has 1 aliphatic heterocycles. The van der Waals surface area contributed by atoms with E-state index >= 15 is 0 Å². The van der Waals surface area contributed by atoms with Crippen LogP contribution in [0.3, 0.4) is 0 Å². The minimum atomic E-state index is 0.147. The molecule has 1 saturated heterocycles. The van der Waals surface area contributed by atoms with Gasteiger partial charge in [0, 0.05) is 13.1 Å². The number of nitrogens with zero attached hydrogens (tertiary/aromatic N) is 4. The van der Waals surface area contributed by atoms with E-state index in [1.807, 2.05) is 18.7 Å². The van der Waals surface area contributed by atoms with Crippen LogP contribution in [0, 0.1) is 13.8 Å². The van der Waals surface area contributed by atoms with Crippen molar-refractivity contribution >= 4 is 29.0 Å². The van der Waals surface area contributed by atoms with E-state index in [0.717, 1.165) is 41.5 Å². The average Bonchev–Trinajstić information content (AvgIpc) is 3.12. The number of carbonyl (C=O) groups excluding carboxylic acids is 1. The molecule has 0 saturated carbocycles. The second kappa shape index (κ2) is 6.78. The predicted molar refractivity (Wildman–Crippen MR) is 86.0 cm³/mol. The van der Waals surface area contributed by atoms with Crippen LogP contribution in [0.5, 0.6) is 0 Å². The molecule has 0 radical (unpaired) electrons. The molecule has 0 unspecified atom stereocenters. The molecule has 0 spiro atoms. The molecule has 3 heterocycles. The fraction of sp³-hybridized carbons (Fsp3) is 0.571. The molecule has 6 nitrogen and oxygen atoms in total. The van der Waals surface area contributed by atoms with Crippen molar-refractivity contribution in [1.29, 1.82) is 0 Å². The normalized spacial score (nSPS) is 15.3. The molecular weight excluding hydrogens is 320 g/mol. The summed E-state index contributed by atoms with van der Waals surface area (Å²) in [6, 6.07) is 0. The van der Waals surface area contributed by atoms with Crippen LogP contribution in [0.2, 0.25) is 0 Å². The molecule has 0 N–H and O–H groups in total. The first-order chi connectivity index (χ1) is 10.6. The molecule has 0 bridgehead atoms. The predicted octanol–water partition coefficient (Wildman–Crippen LogP) is 2.91. The molecule has 8 heteroatoms. The van der Waals surface area contributed by atoms with Gasteiger partial charge in [-0.25, -0.2) is 4.98 Å². The minimum Gasteiger partial charge on any atom is -0.410 e. The molecule has 3 rings (SSSR count). The first-order valence-corrected chi connectivity index (χ1v) is 9.12. The lowest BCUT2D eigenvalue weighted by Gasteiger charge is -2.26. The SMILES string of the molecule is Cc1nc(C)c(-c2nnc(SCC(=O)N3CCCCC3)o2)s1. The molecule has 0 aliphatic carbocycles. The zero-order valence-corrected chi connectivity index (χ0v) is 14.3. The van der Waals surface area contributed by atoms with Crippen molar-refractivity contribution < 1.29 is 9.21 Å². The summed E-state index contributed by atoms with van der Waals surface area (Å²) in [7, 11) is 0. The largest absolute Gasteiger partial charge is 0.410 e. The molecule has 2 aromatic rings. The Morgan fingerprint density at radius 2 is 2.05 bits per heavy atom. The summed E-state index contributed by atoms with van der Waals surface area (Å²) in [5.74, 6) is 0.979. The quantitative estimate of drug-likeness (QED) is 0.798. The molecule has 1 amide bonds. The third kappa shape index (κ3) is 3.49. The van der Waals surface area contributed by atoms with Gasteiger partial charge >= 0.3 is 0 Å². The summed E-state index contributed by atoms with van der Waals surface area (Å²) in [6.45, 7) is 5.61. The van der Waals surface area contributed by atoms with Gasteiger partial charge in [-0.2, -0.15) is 0 Å². The maximum Gasteiger partial charge on any atom is 0.277 e. The third-order valence-corrected chi connectivity index (χ3v) is 5.40. The number of rotatable bonds is 4. The first-order valence-electron chi connectivity index (χ1n) is 7.32. The number of carbonyl (C=O) groups is 1. The summed E-state index contributed by atoms with van der Waals surface area (Å²) in [5, 5.41) is 9.48. The monoisotopic (exact) mass is 338 g/mol. The number of hydrogen-bond acceptors (Lipinski definition) is 7. The number of aryl methyl sites for hydroxylation is 2. The van der Waals surface area contributed by atoms with Crippen LogP contribution >= 0.6 is 23.1 Å². The lowest BCUT2D eigenvalue weighted by molar-refractivity contribution is -0.129. The van der Waals surface area contributed by atoms with Gasteiger partial charge in [0.05, 0.1) is 16.5 Å². The van der Waals surface area contributed by atoms with Gasteiger partial charge in [-0.1, -0.05) is 11.8 Å². The number of piperidine rings is 1. The van der Waals surface area contributed by atoms with Crippen molar-refractivity contribution in [2.45, 2.75) is 38.3 Å². The molecule has 22 heavy (non-hydrogen) atoms. The number of thioether (sulfide) groups is 1. The number of likely N-dealkylation sites (tertiary alicyclic amines) is 1. The Morgan fingerprint density at radius 1 is 1.27 bits per heavy atom. The molecular formula is C14H18N4O2S2. The lowest BCUT2D eigenvalue weighted by Crippen LogP contribution is -2.36. The van der Waals surface area contributed by atoms with Crippen LogP contribution in [0.15, 0.2) is 9.64 Å².